The third-order valence-electron chi connectivity index (χ3n) is 4.40. The number of carbonyl (C=O) groups is 1. The Balaban J connectivity index is 1.59. The molecule has 9 heteroatoms. The number of aryl methyl sites for hydroxylation is 1. The topological polar surface area (TPSA) is 126 Å². The molecule has 9 nitrogen and oxygen atoms in total. The number of hydrogen-bond donors (Lipinski definition) is 1. The molecule has 4 aromatic rings. The van der Waals surface area contributed by atoms with E-state index < -0.39 is 5.91 Å². The van der Waals surface area contributed by atoms with Crippen LogP contribution >= 0.6 is 0 Å². The van der Waals surface area contributed by atoms with Gasteiger partial charge < -0.3 is 24.1 Å². The molecule has 4 rings (SSSR count). The summed E-state index contributed by atoms with van der Waals surface area (Å²) in [5.41, 5.74) is 7.70. The van der Waals surface area contributed by atoms with Crippen molar-refractivity contribution in [2.24, 2.45) is 5.73 Å². The second-order valence-corrected chi connectivity index (χ2v) is 6.34. The van der Waals surface area contributed by atoms with Gasteiger partial charge in [-0.1, -0.05) is 35.5 Å². The predicted octanol–water partition coefficient (Wildman–Crippen LogP) is 3.39. The predicted molar refractivity (Wildman–Crippen MR) is 106 cm³/mol. The number of aromatic nitrogens is 3. The number of rotatable bonds is 7. The van der Waals surface area contributed by atoms with Crippen molar-refractivity contribution in [2.45, 2.75) is 13.5 Å². The summed E-state index contributed by atoms with van der Waals surface area (Å²) in [6.07, 6.45) is 0. The molecule has 0 aliphatic rings. The summed E-state index contributed by atoms with van der Waals surface area (Å²) in [6.45, 7) is 1.70. The average Bonchev–Trinajstić information content (AvgIpc) is 3.38. The minimum atomic E-state index is -0.619. The van der Waals surface area contributed by atoms with Crippen LogP contribution in [0.2, 0.25) is 0 Å². The molecule has 2 heterocycles. The summed E-state index contributed by atoms with van der Waals surface area (Å²) in [4.78, 5) is 11.6. The molecule has 0 radical (unpaired) electrons. The lowest BCUT2D eigenvalue weighted by molar-refractivity contribution is 0.0995. The standard InChI is InChI=1S/C21H18N4O5/c1-12-18(19(25-30-12)13-6-4-3-5-7-13)21-24-23-17(29-21)11-28-16-10-14(27-2)8-9-15(16)20(22)26/h3-10H,11H2,1-2H3,(H2,22,26). The third kappa shape index (κ3) is 3.72. The second-order valence-electron chi connectivity index (χ2n) is 6.34. The quantitative estimate of drug-likeness (QED) is 0.495. The van der Waals surface area contributed by atoms with Crippen LogP contribution in [-0.2, 0) is 6.61 Å². The zero-order valence-electron chi connectivity index (χ0n) is 16.3. The van der Waals surface area contributed by atoms with E-state index in [1.165, 1.54) is 13.2 Å². The van der Waals surface area contributed by atoms with Gasteiger partial charge >= 0.3 is 0 Å². The smallest absolute Gasteiger partial charge is 0.254 e. The molecule has 0 saturated carbocycles. The maximum atomic E-state index is 11.6. The van der Waals surface area contributed by atoms with Crippen LogP contribution in [0.5, 0.6) is 11.5 Å². The van der Waals surface area contributed by atoms with Crippen molar-refractivity contribution in [3.8, 4) is 34.2 Å². The number of amides is 1. The number of benzene rings is 2. The van der Waals surface area contributed by atoms with Crippen LogP contribution in [-0.4, -0.2) is 28.4 Å². The monoisotopic (exact) mass is 406 g/mol. The Morgan fingerprint density at radius 1 is 1.13 bits per heavy atom. The minimum absolute atomic E-state index is 0.0640. The Morgan fingerprint density at radius 2 is 1.93 bits per heavy atom. The lowest BCUT2D eigenvalue weighted by Gasteiger charge is -2.09. The van der Waals surface area contributed by atoms with Crippen LogP contribution in [0, 0.1) is 6.92 Å². The molecule has 2 N–H and O–H groups in total. The summed E-state index contributed by atoms with van der Waals surface area (Å²) in [7, 11) is 1.51. The Labute approximate surface area is 171 Å². The first-order chi connectivity index (χ1) is 14.6. The number of primary amides is 1. The van der Waals surface area contributed by atoms with E-state index in [1.54, 1.807) is 19.1 Å². The molecular formula is C21H18N4O5. The summed E-state index contributed by atoms with van der Waals surface area (Å²) in [5, 5.41) is 12.2. The van der Waals surface area contributed by atoms with Gasteiger partial charge in [0.15, 0.2) is 6.61 Å². The highest BCUT2D eigenvalue weighted by Gasteiger charge is 2.22. The number of methoxy groups -OCH3 is 1. The maximum absolute atomic E-state index is 11.6. The van der Waals surface area contributed by atoms with E-state index in [4.69, 9.17) is 24.1 Å². The molecule has 0 atom stereocenters. The molecule has 0 spiro atoms. The number of hydrogen-bond acceptors (Lipinski definition) is 8. The molecule has 2 aromatic heterocycles. The second kappa shape index (κ2) is 8.08. The van der Waals surface area contributed by atoms with Crippen LogP contribution in [0.25, 0.3) is 22.7 Å². The highest BCUT2D eigenvalue weighted by Crippen LogP contribution is 2.33. The van der Waals surface area contributed by atoms with Gasteiger partial charge in [-0.3, -0.25) is 4.79 Å². The maximum Gasteiger partial charge on any atom is 0.254 e. The van der Waals surface area contributed by atoms with Crippen LogP contribution in [0.4, 0.5) is 0 Å². The summed E-state index contributed by atoms with van der Waals surface area (Å²) in [5.74, 6) is 1.18. The fraction of sp³-hybridized carbons (Fsp3) is 0.143. The van der Waals surface area contributed by atoms with Gasteiger partial charge in [-0.05, 0) is 19.1 Å². The Hall–Kier alpha value is -4.14. The molecule has 30 heavy (non-hydrogen) atoms. The fourth-order valence-corrected chi connectivity index (χ4v) is 2.92. The van der Waals surface area contributed by atoms with Crippen LogP contribution < -0.4 is 15.2 Å². The van der Waals surface area contributed by atoms with Crippen molar-refractivity contribution in [3.63, 3.8) is 0 Å². The zero-order chi connectivity index (χ0) is 21.1. The molecule has 0 fully saturated rings. The average molecular weight is 406 g/mol. The zero-order valence-corrected chi connectivity index (χ0v) is 16.3. The van der Waals surface area contributed by atoms with Gasteiger partial charge in [-0.25, -0.2) is 0 Å². The van der Waals surface area contributed by atoms with Crippen LogP contribution in [0.3, 0.4) is 0 Å². The normalized spacial score (nSPS) is 10.7. The molecule has 0 bridgehead atoms. The number of nitrogens with zero attached hydrogens (tertiary/aromatic N) is 3. The Kier molecular flexibility index (Phi) is 5.17. The summed E-state index contributed by atoms with van der Waals surface area (Å²) in [6, 6.07) is 14.3. The molecule has 0 aliphatic heterocycles. The van der Waals surface area contributed by atoms with E-state index in [2.05, 4.69) is 15.4 Å². The van der Waals surface area contributed by atoms with Crippen molar-refractivity contribution >= 4 is 5.91 Å². The Bertz CT molecular complexity index is 1180. The van der Waals surface area contributed by atoms with E-state index in [1.807, 2.05) is 30.3 Å². The van der Waals surface area contributed by atoms with E-state index >= 15 is 0 Å². The minimum Gasteiger partial charge on any atom is -0.497 e. The Morgan fingerprint density at radius 3 is 2.67 bits per heavy atom. The molecule has 1 amide bonds. The van der Waals surface area contributed by atoms with Gasteiger partial charge in [0.1, 0.15) is 28.5 Å². The lowest BCUT2D eigenvalue weighted by atomic mass is 10.1. The molecule has 0 unspecified atom stereocenters. The molecular weight excluding hydrogens is 388 g/mol. The molecule has 2 aromatic carbocycles. The number of carbonyl (C=O) groups excluding carboxylic acids is 1. The van der Waals surface area contributed by atoms with Crippen molar-refractivity contribution in [1.29, 1.82) is 0 Å². The SMILES string of the molecule is COc1ccc(C(N)=O)c(OCc2nnc(-c3c(-c4ccccc4)noc3C)o2)c1. The first-order valence-corrected chi connectivity index (χ1v) is 9.02. The highest BCUT2D eigenvalue weighted by molar-refractivity contribution is 5.95. The van der Waals surface area contributed by atoms with Gasteiger partial charge in [-0.15, -0.1) is 10.2 Å². The van der Waals surface area contributed by atoms with E-state index in [9.17, 15) is 4.79 Å². The van der Waals surface area contributed by atoms with Gasteiger partial charge in [-0.2, -0.15) is 0 Å². The van der Waals surface area contributed by atoms with E-state index in [-0.39, 0.29) is 29.7 Å². The lowest BCUT2D eigenvalue weighted by Crippen LogP contribution is -2.13. The van der Waals surface area contributed by atoms with E-state index in [0.29, 0.717) is 22.8 Å². The third-order valence-corrected chi connectivity index (χ3v) is 4.40. The van der Waals surface area contributed by atoms with Crippen LogP contribution in [0.15, 0.2) is 57.5 Å². The summed E-state index contributed by atoms with van der Waals surface area (Å²) >= 11 is 0. The van der Waals surface area contributed by atoms with Crippen LogP contribution in [0.1, 0.15) is 22.0 Å². The number of nitrogens with two attached hydrogens (primary N) is 1. The van der Waals surface area contributed by atoms with Gasteiger partial charge in [0, 0.05) is 11.6 Å². The van der Waals surface area contributed by atoms with Crippen molar-refractivity contribution in [1.82, 2.24) is 15.4 Å². The largest absolute Gasteiger partial charge is 0.497 e. The molecule has 0 aliphatic carbocycles. The summed E-state index contributed by atoms with van der Waals surface area (Å²) < 4.78 is 21.9. The highest BCUT2D eigenvalue weighted by atomic mass is 16.5. The van der Waals surface area contributed by atoms with Crippen molar-refractivity contribution in [3.05, 3.63) is 65.7 Å². The van der Waals surface area contributed by atoms with Crippen molar-refractivity contribution in [2.75, 3.05) is 7.11 Å². The van der Waals surface area contributed by atoms with Gasteiger partial charge in [0.05, 0.1) is 12.7 Å². The molecule has 152 valence electrons. The first-order valence-electron chi connectivity index (χ1n) is 9.02. The first kappa shape index (κ1) is 19.2. The fourth-order valence-electron chi connectivity index (χ4n) is 2.92. The number of ether oxygens (including phenoxy) is 2. The molecule has 0 saturated heterocycles. The van der Waals surface area contributed by atoms with E-state index in [0.717, 1.165) is 5.56 Å². The van der Waals surface area contributed by atoms with Gasteiger partial charge in [0.2, 0.25) is 0 Å². The van der Waals surface area contributed by atoms with Gasteiger partial charge in [0.25, 0.3) is 17.7 Å². The van der Waals surface area contributed by atoms with Crippen molar-refractivity contribution < 1.29 is 23.2 Å².